The maximum absolute atomic E-state index is 11.4. The summed E-state index contributed by atoms with van der Waals surface area (Å²) in [4.78, 5) is 22.4. The molecule has 15 heavy (non-hydrogen) atoms. The van der Waals surface area contributed by atoms with Gasteiger partial charge in [0.2, 0.25) is 0 Å². The molecular weight excluding hydrogens is 258 g/mol. The molecule has 74 valence electrons. The van der Waals surface area contributed by atoms with Crippen molar-refractivity contribution in [1.82, 2.24) is 0 Å². The van der Waals surface area contributed by atoms with Crippen LogP contribution in [0.15, 0.2) is 18.2 Å². The fourth-order valence-electron chi connectivity index (χ4n) is 1.36. The zero-order valence-corrected chi connectivity index (χ0v) is 9.22. The van der Waals surface area contributed by atoms with E-state index in [0.717, 1.165) is 5.56 Å². The largest absolute Gasteiger partial charge is 0.318 e. The van der Waals surface area contributed by atoms with Crippen LogP contribution in [0.2, 0.25) is 0 Å². The van der Waals surface area contributed by atoms with Crippen LogP contribution in [0.25, 0.3) is 0 Å². The number of hydrogen-bond donors (Lipinski definition) is 1. The first-order valence-electron chi connectivity index (χ1n) is 4.27. The van der Waals surface area contributed by atoms with Crippen molar-refractivity contribution in [3.05, 3.63) is 29.3 Å². The molecule has 0 radical (unpaired) electrons. The van der Waals surface area contributed by atoms with Gasteiger partial charge in [-0.3, -0.25) is 9.59 Å². The van der Waals surface area contributed by atoms with E-state index in [4.69, 9.17) is 0 Å². The number of ketones is 1. The standard InChI is InChI=1S/C11H6BrNO2/c12-5-1-2-7-3-4-9-8(6-7)10(14)11(15)13-9/h3-4,6H,5H2,(H,13,14,15). The van der Waals surface area contributed by atoms with E-state index in [1.807, 2.05) is 0 Å². The first kappa shape index (κ1) is 9.94. The van der Waals surface area contributed by atoms with Crippen LogP contribution in [-0.2, 0) is 4.79 Å². The maximum atomic E-state index is 11.4. The predicted molar refractivity (Wildman–Crippen MR) is 60.1 cm³/mol. The van der Waals surface area contributed by atoms with Crippen LogP contribution in [0, 0.1) is 11.8 Å². The minimum absolute atomic E-state index is 0.404. The van der Waals surface area contributed by atoms with Gasteiger partial charge in [0.25, 0.3) is 11.7 Å². The van der Waals surface area contributed by atoms with Gasteiger partial charge in [-0.05, 0) is 18.2 Å². The molecule has 2 rings (SSSR count). The number of nitrogens with one attached hydrogen (secondary N) is 1. The van der Waals surface area contributed by atoms with Crippen LogP contribution < -0.4 is 5.32 Å². The Morgan fingerprint density at radius 2 is 2.13 bits per heavy atom. The highest BCUT2D eigenvalue weighted by molar-refractivity contribution is 9.09. The molecule has 0 saturated heterocycles. The van der Waals surface area contributed by atoms with Gasteiger partial charge in [0.05, 0.1) is 16.6 Å². The zero-order valence-electron chi connectivity index (χ0n) is 7.63. The summed E-state index contributed by atoms with van der Waals surface area (Å²) in [6.07, 6.45) is 0. The summed E-state index contributed by atoms with van der Waals surface area (Å²) in [5.74, 6) is 4.64. The van der Waals surface area contributed by atoms with Crippen molar-refractivity contribution in [2.24, 2.45) is 0 Å². The minimum atomic E-state index is -0.574. The molecule has 1 aromatic rings. The Hall–Kier alpha value is -1.60. The van der Waals surface area contributed by atoms with Crippen molar-refractivity contribution in [3.63, 3.8) is 0 Å². The molecular formula is C11H6BrNO2. The van der Waals surface area contributed by atoms with E-state index in [0.29, 0.717) is 16.6 Å². The Labute approximate surface area is 95.0 Å². The Kier molecular flexibility index (Phi) is 2.57. The summed E-state index contributed by atoms with van der Waals surface area (Å²) < 4.78 is 0. The molecule has 1 heterocycles. The number of amides is 1. The third-order valence-electron chi connectivity index (χ3n) is 2.02. The van der Waals surface area contributed by atoms with Gasteiger partial charge in [0, 0.05) is 5.56 Å². The Morgan fingerprint density at radius 3 is 2.87 bits per heavy atom. The van der Waals surface area contributed by atoms with Gasteiger partial charge in [0.15, 0.2) is 0 Å². The monoisotopic (exact) mass is 263 g/mol. The number of benzene rings is 1. The topological polar surface area (TPSA) is 46.2 Å². The van der Waals surface area contributed by atoms with Crippen LogP contribution in [0.3, 0.4) is 0 Å². The summed E-state index contributed by atoms with van der Waals surface area (Å²) in [5, 5.41) is 3.06. The van der Waals surface area contributed by atoms with Gasteiger partial charge in [-0.25, -0.2) is 0 Å². The number of alkyl halides is 1. The summed E-state index contributed by atoms with van der Waals surface area (Å²) in [5.41, 5.74) is 1.70. The second-order valence-corrected chi connectivity index (χ2v) is 3.54. The highest BCUT2D eigenvalue weighted by Gasteiger charge is 2.27. The Balaban J connectivity index is 2.44. The highest BCUT2D eigenvalue weighted by Crippen LogP contribution is 2.23. The predicted octanol–water partition coefficient (Wildman–Crippen LogP) is 1.57. The summed E-state index contributed by atoms with van der Waals surface area (Å²) >= 11 is 3.18. The van der Waals surface area contributed by atoms with E-state index in [1.54, 1.807) is 18.2 Å². The van der Waals surface area contributed by atoms with Gasteiger partial charge in [0.1, 0.15) is 0 Å². The quantitative estimate of drug-likeness (QED) is 0.439. The van der Waals surface area contributed by atoms with Crippen LogP contribution in [0.5, 0.6) is 0 Å². The third kappa shape index (κ3) is 1.79. The number of rotatable bonds is 0. The third-order valence-corrected chi connectivity index (χ3v) is 2.30. The molecule has 0 unspecified atom stereocenters. The molecule has 0 aliphatic carbocycles. The molecule has 0 spiro atoms. The number of carbonyl (C=O) groups excluding carboxylic acids is 2. The van der Waals surface area contributed by atoms with E-state index >= 15 is 0 Å². The van der Waals surface area contributed by atoms with E-state index in [2.05, 4.69) is 33.1 Å². The van der Waals surface area contributed by atoms with E-state index in [1.165, 1.54) is 0 Å². The average molecular weight is 264 g/mol. The van der Waals surface area contributed by atoms with E-state index in [-0.39, 0.29) is 0 Å². The van der Waals surface area contributed by atoms with Crippen LogP contribution >= 0.6 is 15.9 Å². The maximum Gasteiger partial charge on any atom is 0.296 e. The summed E-state index contributed by atoms with van der Waals surface area (Å²) in [7, 11) is 0. The molecule has 1 aromatic carbocycles. The van der Waals surface area contributed by atoms with Crippen LogP contribution in [0.4, 0.5) is 5.69 Å². The molecule has 0 aromatic heterocycles. The van der Waals surface area contributed by atoms with Gasteiger partial charge in [-0.2, -0.15) is 0 Å². The van der Waals surface area contributed by atoms with Crippen molar-refractivity contribution in [2.75, 3.05) is 10.6 Å². The van der Waals surface area contributed by atoms with E-state index in [9.17, 15) is 9.59 Å². The lowest BCUT2D eigenvalue weighted by Gasteiger charge is -1.96. The molecule has 3 nitrogen and oxygen atoms in total. The fourth-order valence-corrected chi connectivity index (χ4v) is 1.50. The SMILES string of the molecule is O=C1Nc2ccc(C#CCBr)cc2C1=O. The van der Waals surface area contributed by atoms with Gasteiger partial charge in [-0.15, -0.1) is 0 Å². The Bertz CT molecular complexity index is 511. The second-order valence-electron chi connectivity index (χ2n) is 2.98. The first-order chi connectivity index (χ1) is 7.22. The normalized spacial score (nSPS) is 12.9. The number of halogens is 1. The lowest BCUT2D eigenvalue weighted by atomic mass is 10.1. The molecule has 1 amide bonds. The second kappa shape index (κ2) is 3.87. The van der Waals surface area contributed by atoms with Gasteiger partial charge in [-0.1, -0.05) is 27.8 Å². The smallest absolute Gasteiger partial charge is 0.296 e. The number of carbonyl (C=O) groups is 2. The molecule has 4 heteroatoms. The minimum Gasteiger partial charge on any atom is -0.318 e. The molecule has 0 atom stereocenters. The van der Waals surface area contributed by atoms with E-state index < -0.39 is 11.7 Å². The Morgan fingerprint density at radius 1 is 1.33 bits per heavy atom. The number of anilines is 1. The average Bonchev–Trinajstić information content (AvgIpc) is 2.52. The first-order valence-corrected chi connectivity index (χ1v) is 5.39. The number of fused-ring (bicyclic) bond motifs is 1. The molecule has 0 saturated carbocycles. The number of Topliss-reactive ketones (excluding diaryl/α,β-unsaturated/α-hetero) is 1. The fraction of sp³-hybridized carbons (Fsp3) is 0.0909. The highest BCUT2D eigenvalue weighted by atomic mass is 79.9. The summed E-state index contributed by atoms with van der Waals surface area (Å²) in [6, 6.07) is 5.09. The summed E-state index contributed by atoms with van der Waals surface area (Å²) in [6.45, 7) is 0. The molecule has 1 aliphatic heterocycles. The van der Waals surface area contributed by atoms with Crippen LogP contribution in [-0.4, -0.2) is 17.0 Å². The lowest BCUT2D eigenvalue weighted by molar-refractivity contribution is -0.112. The van der Waals surface area contributed by atoms with Gasteiger partial charge < -0.3 is 5.32 Å². The molecule has 0 fully saturated rings. The zero-order chi connectivity index (χ0) is 10.8. The van der Waals surface area contributed by atoms with Crippen molar-refractivity contribution in [1.29, 1.82) is 0 Å². The van der Waals surface area contributed by atoms with Crippen LogP contribution in [0.1, 0.15) is 15.9 Å². The van der Waals surface area contributed by atoms with Crippen molar-refractivity contribution in [2.45, 2.75) is 0 Å². The molecule has 0 bridgehead atoms. The lowest BCUT2D eigenvalue weighted by Crippen LogP contribution is -2.12. The van der Waals surface area contributed by atoms with Crippen molar-refractivity contribution < 1.29 is 9.59 Å². The molecule has 1 N–H and O–H groups in total. The van der Waals surface area contributed by atoms with Gasteiger partial charge >= 0.3 is 0 Å². The van der Waals surface area contributed by atoms with Crippen molar-refractivity contribution in [3.8, 4) is 11.8 Å². The van der Waals surface area contributed by atoms with Crippen molar-refractivity contribution >= 4 is 33.3 Å². The number of hydrogen-bond acceptors (Lipinski definition) is 2. The molecule has 1 aliphatic rings.